The second-order valence-electron chi connectivity index (χ2n) is 5.84. The Morgan fingerprint density at radius 3 is 2.43 bits per heavy atom. The predicted molar refractivity (Wildman–Crippen MR) is 81.4 cm³/mol. The predicted octanol–water partition coefficient (Wildman–Crippen LogP) is 1.20. The van der Waals surface area contributed by atoms with Crippen molar-refractivity contribution in [1.82, 2.24) is 4.72 Å². The number of rotatable bonds is 6. The van der Waals surface area contributed by atoms with Crippen LogP contribution in [0, 0.1) is 12.3 Å². The van der Waals surface area contributed by atoms with E-state index in [-0.39, 0.29) is 18.9 Å². The number of aryl methyl sites for hydroxylation is 1. The molecule has 0 unspecified atom stereocenters. The van der Waals surface area contributed by atoms with Crippen molar-refractivity contribution in [1.29, 1.82) is 0 Å². The van der Waals surface area contributed by atoms with Crippen LogP contribution in [0.5, 0.6) is 0 Å². The zero-order valence-electron chi connectivity index (χ0n) is 12.3. The average Bonchev–Trinajstić information content (AvgIpc) is 2.49. The summed E-state index contributed by atoms with van der Waals surface area (Å²) in [6.45, 7) is 3.34. The van der Waals surface area contributed by atoms with E-state index in [1.807, 2.05) is 31.2 Å². The quantitative estimate of drug-likeness (QED) is 0.827. The van der Waals surface area contributed by atoms with Gasteiger partial charge in [0.25, 0.3) is 0 Å². The molecule has 1 aromatic carbocycles. The van der Waals surface area contributed by atoms with Crippen molar-refractivity contribution in [3.63, 3.8) is 0 Å². The van der Waals surface area contributed by atoms with Gasteiger partial charge in [-0.1, -0.05) is 29.8 Å². The van der Waals surface area contributed by atoms with Crippen molar-refractivity contribution in [3.05, 3.63) is 35.4 Å². The minimum absolute atomic E-state index is 0.0244. The van der Waals surface area contributed by atoms with Gasteiger partial charge in [0.05, 0.1) is 12.4 Å². The molecule has 5 nitrogen and oxygen atoms in total. The molecule has 0 bridgehead atoms. The van der Waals surface area contributed by atoms with Crippen LogP contribution in [0.2, 0.25) is 0 Å². The molecule has 0 aliphatic carbocycles. The first-order valence-corrected chi connectivity index (χ1v) is 8.81. The summed E-state index contributed by atoms with van der Waals surface area (Å²) >= 11 is 0. The van der Waals surface area contributed by atoms with Gasteiger partial charge < -0.3 is 9.84 Å². The van der Waals surface area contributed by atoms with Gasteiger partial charge in [-0.15, -0.1) is 0 Å². The normalized spacial score (nSPS) is 18.6. The largest absolute Gasteiger partial charge is 0.396 e. The van der Waals surface area contributed by atoms with E-state index in [0.717, 1.165) is 11.1 Å². The van der Waals surface area contributed by atoms with Gasteiger partial charge in [0.1, 0.15) is 0 Å². The molecule has 2 N–H and O–H groups in total. The fourth-order valence-electron chi connectivity index (χ4n) is 2.41. The number of aliphatic hydroxyl groups is 1. The molecule has 21 heavy (non-hydrogen) atoms. The van der Waals surface area contributed by atoms with Crippen molar-refractivity contribution >= 4 is 10.0 Å². The highest BCUT2D eigenvalue weighted by Gasteiger charge is 2.33. The monoisotopic (exact) mass is 313 g/mol. The summed E-state index contributed by atoms with van der Waals surface area (Å²) < 4.78 is 32.2. The SMILES string of the molecule is Cc1ccc(CS(=O)(=O)NCC2(CO)CCOCC2)cc1. The van der Waals surface area contributed by atoms with Crippen LogP contribution < -0.4 is 4.72 Å². The summed E-state index contributed by atoms with van der Waals surface area (Å²) in [5, 5.41) is 9.57. The zero-order valence-corrected chi connectivity index (χ0v) is 13.2. The van der Waals surface area contributed by atoms with Crippen LogP contribution >= 0.6 is 0 Å². The van der Waals surface area contributed by atoms with Gasteiger partial charge in [-0.25, -0.2) is 13.1 Å². The number of benzene rings is 1. The Morgan fingerprint density at radius 2 is 1.86 bits per heavy atom. The summed E-state index contributed by atoms with van der Waals surface area (Å²) in [4.78, 5) is 0. The number of nitrogens with one attached hydrogen (secondary N) is 1. The summed E-state index contributed by atoms with van der Waals surface area (Å²) in [5.74, 6) is -0.0364. The van der Waals surface area contributed by atoms with Crippen LogP contribution in [0.3, 0.4) is 0 Å². The molecule has 1 fully saturated rings. The van der Waals surface area contributed by atoms with Gasteiger partial charge in [-0.3, -0.25) is 0 Å². The van der Waals surface area contributed by atoms with Crippen molar-refractivity contribution < 1.29 is 18.3 Å². The van der Waals surface area contributed by atoms with E-state index in [0.29, 0.717) is 26.1 Å². The Balaban J connectivity index is 1.95. The maximum atomic E-state index is 12.2. The number of sulfonamides is 1. The molecular weight excluding hydrogens is 290 g/mol. The van der Waals surface area contributed by atoms with Crippen molar-refractivity contribution in [2.45, 2.75) is 25.5 Å². The fraction of sp³-hybridized carbons (Fsp3) is 0.600. The molecule has 0 aromatic heterocycles. The molecule has 1 aliphatic rings. The topological polar surface area (TPSA) is 75.6 Å². The number of hydrogen-bond acceptors (Lipinski definition) is 4. The van der Waals surface area contributed by atoms with Gasteiger partial charge in [-0.05, 0) is 25.3 Å². The molecular formula is C15H23NO4S. The summed E-state index contributed by atoms with van der Waals surface area (Å²) in [7, 11) is -3.40. The molecule has 0 radical (unpaired) electrons. The summed E-state index contributed by atoms with van der Waals surface area (Å²) in [6, 6.07) is 7.45. The Hall–Kier alpha value is -0.950. The van der Waals surface area contributed by atoms with Gasteiger partial charge in [-0.2, -0.15) is 0 Å². The van der Waals surface area contributed by atoms with Crippen molar-refractivity contribution in [2.24, 2.45) is 5.41 Å². The Labute approximate surface area is 126 Å². The molecule has 6 heteroatoms. The van der Waals surface area contributed by atoms with E-state index >= 15 is 0 Å². The molecule has 1 aliphatic heterocycles. The summed E-state index contributed by atoms with van der Waals surface area (Å²) in [6.07, 6.45) is 1.35. The average molecular weight is 313 g/mol. The smallest absolute Gasteiger partial charge is 0.215 e. The van der Waals surface area contributed by atoms with E-state index < -0.39 is 15.4 Å². The van der Waals surface area contributed by atoms with Crippen LogP contribution in [-0.2, 0) is 20.5 Å². The lowest BCUT2D eigenvalue weighted by Gasteiger charge is -2.35. The lowest BCUT2D eigenvalue weighted by molar-refractivity contribution is -0.0126. The van der Waals surface area contributed by atoms with Gasteiger partial charge in [0.2, 0.25) is 10.0 Å². The van der Waals surface area contributed by atoms with Crippen molar-refractivity contribution in [3.8, 4) is 0 Å². The Kier molecular flexibility index (Phi) is 5.37. The number of aliphatic hydroxyl groups excluding tert-OH is 1. The Bertz CT molecular complexity index is 548. The first-order chi connectivity index (χ1) is 9.95. The fourth-order valence-corrected chi connectivity index (χ4v) is 3.67. The van der Waals surface area contributed by atoms with E-state index in [9.17, 15) is 13.5 Å². The highest BCUT2D eigenvalue weighted by atomic mass is 32.2. The lowest BCUT2D eigenvalue weighted by Crippen LogP contribution is -2.43. The molecule has 0 spiro atoms. The molecule has 0 amide bonds. The molecule has 1 aromatic rings. The van der Waals surface area contributed by atoms with Gasteiger partial charge in [0, 0.05) is 25.2 Å². The first kappa shape index (κ1) is 16.4. The van der Waals surface area contributed by atoms with Gasteiger partial charge in [0.15, 0.2) is 0 Å². The van der Waals surface area contributed by atoms with Crippen LogP contribution in [0.4, 0.5) is 0 Å². The molecule has 1 saturated heterocycles. The second kappa shape index (κ2) is 6.87. The molecule has 0 saturated carbocycles. The third-order valence-electron chi connectivity index (χ3n) is 4.03. The molecule has 0 atom stereocenters. The maximum absolute atomic E-state index is 12.2. The van der Waals surface area contributed by atoms with Crippen molar-refractivity contribution in [2.75, 3.05) is 26.4 Å². The maximum Gasteiger partial charge on any atom is 0.215 e. The highest BCUT2D eigenvalue weighted by Crippen LogP contribution is 2.29. The van der Waals surface area contributed by atoms with E-state index in [1.54, 1.807) is 0 Å². The van der Waals surface area contributed by atoms with Gasteiger partial charge >= 0.3 is 0 Å². The van der Waals surface area contributed by atoms with Crippen LogP contribution in [0.1, 0.15) is 24.0 Å². The number of hydrogen-bond donors (Lipinski definition) is 2. The second-order valence-corrected chi connectivity index (χ2v) is 7.64. The molecule has 118 valence electrons. The van der Waals surface area contributed by atoms with E-state index in [2.05, 4.69) is 4.72 Å². The zero-order chi connectivity index (χ0) is 15.3. The van der Waals surface area contributed by atoms with Crippen LogP contribution in [-0.4, -0.2) is 39.9 Å². The van der Waals surface area contributed by atoms with E-state index in [4.69, 9.17) is 4.74 Å². The Morgan fingerprint density at radius 1 is 1.24 bits per heavy atom. The third kappa shape index (κ3) is 4.78. The van der Waals surface area contributed by atoms with E-state index in [1.165, 1.54) is 0 Å². The third-order valence-corrected chi connectivity index (χ3v) is 5.33. The van der Waals surface area contributed by atoms with Crippen LogP contribution in [0.15, 0.2) is 24.3 Å². The van der Waals surface area contributed by atoms with Crippen LogP contribution in [0.25, 0.3) is 0 Å². The summed E-state index contributed by atoms with van der Waals surface area (Å²) in [5.41, 5.74) is 1.47. The minimum Gasteiger partial charge on any atom is -0.396 e. The lowest BCUT2D eigenvalue weighted by atomic mass is 9.81. The number of ether oxygens (including phenoxy) is 1. The highest BCUT2D eigenvalue weighted by molar-refractivity contribution is 7.88. The molecule has 2 rings (SSSR count). The first-order valence-electron chi connectivity index (χ1n) is 7.16. The standard InChI is InChI=1S/C15H23NO4S/c1-13-2-4-14(5-3-13)10-21(18,19)16-11-15(12-17)6-8-20-9-7-15/h2-5,16-17H,6-12H2,1H3. The minimum atomic E-state index is -3.40. The molecule has 1 heterocycles.